The Bertz CT molecular complexity index is 880. The van der Waals surface area contributed by atoms with Gasteiger partial charge in [0.05, 0.1) is 30.6 Å². The number of carboxylic acids is 1. The van der Waals surface area contributed by atoms with Crippen LogP contribution in [0.1, 0.15) is 28.8 Å². The van der Waals surface area contributed by atoms with Crippen molar-refractivity contribution in [1.82, 2.24) is 0 Å². The number of amides is 1. The zero-order valence-corrected chi connectivity index (χ0v) is 14.5. The number of fused-ring (bicyclic) bond motifs is 3. The van der Waals surface area contributed by atoms with Gasteiger partial charge in [-0.1, -0.05) is 12.1 Å². The molecule has 2 heterocycles. The van der Waals surface area contributed by atoms with Crippen LogP contribution in [-0.2, 0) is 11.3 Å². The number of hydrogen-bond acceptors (Lipinski definition) is 4. The van der Waals surface area contributed by atoms with E-state index in [1.165, 1.54) is 0 Å². The maximum Gasteiger partial charge on any atom is 0.335 e. The topological polar surface area (TPSA) is 70.1 Å². The molecule has 1 saturated heterocycles. The fourth-order valence-corrected chi connectivity index (χ4v) is 3.84. The van der Waals surface area contributed by atoms with Gasteiger partial charge in [-0.25, -0.2) is 4.79 Å². The molecule has 1 amide bonds. The van der Waals surface area contributed by atoms with Crippen LogP contribution in [0.25, 0.3) is 0 Å². The van der Waals surface area contributed by atoms with Crippen LogP contribution in [0.3, 0.4) is 0 Å². The van der Waals surface area contributed by atoms with Gasteiger partial charge >= 0.3 is 5.97 Å². The molecule has 1 unspecified atom stereocenters. The second-order valence-corrected chi connectivity index (χ2v) is 6.64. The predicted octanol–water partition coefficient (Wildman–Crippen LogP) is 2.91. The molecule has 1 N–H and O–H groups in total. The Morgan fingerprint density at radius 3 is 2.85 bits per heavy atom. The number of benzene rings is 2. The minimum absolute atomic E-state index is 0.0281. The Balaban J connectivity index is 1.77. The number of rotatable bonds is 4. The Morgan fingerprint density at radius 2 is 2.08 bits per heavy atom. The van der Waals surface area contributed by atoms with Crippen molar-refractivity contribution in [2.75, 3.05) is 23.5 Å². The molecule has 0 bridgehead atoms. The highest BCUT2D eigenvalue weighted by molar-refractivity contribution is 6.07. The van der Waals surface area contributed by atoms with Crippen LogP contribution in [0.2, 0.25) is 0 Å². The highest BCUT2D eigenvalue weighted by Crippen LogP contribution is 2.41. The lowest BCUT2D eigenvalue weighted by molar-refractivity contribution is -0.120. The van der Waals surface area contributed by atoms with Gasteiger partial charge < -0.3 is 19.6 Å². The third-order valence-electron chi connectivity index (χ3n) is 5.10. The zero-order valence-electron chi connectivity index (χ0n) is 14.5. The van der Waals surface area contributed by atoms with Crippen LogP contribution in [0.5, 0.6) is 5.75 Å². The van der Waals surface area contributed by atoms with Crippen molar-refractivity contribution in [2.45, 2.75) is 25.4 Å². The molecule has 26 heavy (non-hydrogen) atoms. The van der Waals surface area contributed by atoms with Gasteiger partial charge in [0.25, 0.3) is 0 Å². The van der Waals surface area contributed by atoms with Gasteiger partial charge in [-0.15, -0.1) is 0 Å². The smallest absolute Gasteiger partial charge is 0.335 e. The first-order valence-electron chi connectivity index (χ1n) is 8.67. The molecule has 0 aromatic heterocycles. The fraction of sp³-hybridized carbons (Fsp3) is 0.300. The highest BCUT2D eigenvalue weighted by atomic mass is 16.5. The van der Waals surface area contributed by atoms with E-state index in [1.807, 2.05) is 30.3 Å². The normalized spacial score (nSPS) is 18.5. The molecular formula is C20H20N2O4. The van der Waals surface area contributed by atoms with Crippen LogP contribution >= 0.6 is 0 Å². The third-order valence-corrected chi connectivity index (χ3v) is 5.10. The molecule has 1 fully saturated rings. The largest absolute Gasteiger partial charge is 0.497 e. The summed E-state index contributed by atoms with van der Waals surface area (Å²) in [5.41, 5.74) is 2.72. The van der Waals surface area contributed by atoms with E-state index in [4.69, 9.17) is 4.74 Å². The summed E-state index contributed by atoms with van der Waals surface area (Å²) in [4.78, 5) is 28.3. The Labute approximate surface area is 151 Å². The van der Waals surface area contributed by atoms with Crippen molar-refractivity contribution in [2.24, 2.45) is 0 Å². The fourth-order valence-electron chi connectivity index (χ4n) is 3.84. The lowest BCUT2D eigenvalue weighted by Crippen LogP contribution is -2.50. The number of anilines is 2. The van der Waals surface area contributed by atoms with E-state index >= 15 is 0 Å². The second kappa shape index (κ2) is 6.37. The highest BCUT2D eigenvalue weighted by Gasteiger charge is 2.41. The van der Waals surface area contributed by atoms with Gasteiger partial charge in [-0.2, -0.15) is 0 Å². The number of carbonyl (C=O) groups excluding carboxylic acids is 1. The number of nitrogens with zero attached hydrogens (tertiary/aromatic N) is 2. The number of methoxy groups -OCH3 is 1. The lowest BCUT2D eigenvalue weighted by atomic mass is 10.0. The van der Waals surface area contributed by atoms with Gasteiger partial charge in [0.15, 0.2) is 0 Å². The average molecular weight is 352 g/mol. The van der Waals surface area contributed by atoms with Crippen LogP contribution in [0.4, 0.5) is 11.4 Å². The summed E-state index contributed by atoms with van der Waals surface area (Å²) in [6.45, 7) is 1.21. The van der Waals surface area contributed by atoms with Crippen molar-refractivity contribution in [3.63, 3.8) is 0 Å². The molecule has 2 aromatic rings. The van der Waals surface area contributed by atoms with Gasteiger partial charge in [-0.05, 0) is 48.7 Å². The molecule has 0 spiro atoms. The predicted molar refractivity (Wildman–Crippen MR) is 98.0 cm³/mol. The van der Waals surface area contributed by atoms with E-state index in [0.717, 1.165) is 36.4 Å². The summed E-state index contributed by atoms with van der Waals surface area (Å²) in [5, 5.41) is 9.35. The molecule has 0 saturated carbocycles. The first kappa shape index (κ1) is 16.4. The number of hydrogen-bond donors (Lipinski definition) is 1. The third kappa shape index (κ3) is 2.67. The molecule has 4 rings (SSSR count). The Kier molecular flexibility index (Phi) is 4.03. The summed E-state index contributed by atoms with van der Waals surface area (Å²) in [6.07, 6.45) is 1.79. The van der Waals surface area contributed by atoms with E-state index in [-0.39, 0.29) is 17.5 Å². The van der Waals surface area contributed by atoms with Crippen LogP contribution in [0.15, 0.2) is 42.5 Å². The van der Waals surface area contributed by atoms with Gasteiger partial charge in [-0.3, -0.25) is 4.79 Å². The van der Waals surface area contributed by atoms with Crippen molar-refractivity contribution >= 4 is 23.3 Å². The minimum atomic E-state index is -0.995. The van der Waals surface area contributed by atoms with Crippen molar-refractivity contribution < 1.29 is 19.4 Å². The van der Waals surface area contributed by atoms with E-state index < -0.39 is 5.97 Å². The van der Waals surface area contributed by atoms with E-state index in [1.54, 1.807) is 24.1 Å². The Morgan fingerprint density at radius 1 is 1.23 bits per heavy atom. The van der Waals surface area contributed by atoms with Crippen LogP contribution < -0.4 is 14.5 Å². The SMILES string of the molecule is COc1cccc(CN2C(=O)C3CCCN3c3ccc(C(=O)O)cc32)c1. The molecule has 6 heteroatoms. The molecule has 2 aromatic carbocycles. The second-order valence-electron chi connectivity index (χ2n) is 6.64. The minimum Gasteiger partial charge on any atom is -0.497 e. The van der Waals surface area contributed by atoms with Gasteiger partial charge in [0.2, 0.25) is 5.91 Å². The Hall–Kier alpha value is -3.02. The zero-order chi connectivity index (χ0) is 18.3. The van der Waals surface area contributed by atoms with Crippen molar-refractivity contribution in [1.29, 1.82) is 0 Å². The average Bonchev–Trinajstić information content (AvgIpc) is 3.15. The summed E-state index contributed by atoms with van der Waals surface area (Å²) < 4.78 is 5.27. The maximum absolute atomic E-state index is 13.1. The van der Waals surface area contributed by atoms with E-state index in [0.29, 0.717) is 12.2 Å². The standard InChI is InChI=1S/C20H20N2O4/c1-26-15-5-2-4-13(10-15)12-22-18-11-14(20(24)25)7-8-16(18)21-9-3-6-17(21)19(22)23/h2,4-5,7-8,10-11,17H,3,6,9,12H2,1H3,(H,24,25). The van der Waals surface area contributed by atoms with Gasteiger partial charge in [0.1, 0.15) is 11.8 Å². The molecule has 6 nitrogen and oxygen atoms in total. The monoisotopic (exact) mass is 352 g/mol. The van der Waals surface area contributed by atoms with Crippen LogP contribution in [0, 0.1) is 0 Å². The summed E-state index contributed by atoms with van der Waals surface area (Å²) >= 11 is 0. The molecule has 0 aliphatic carbocycles. The van der Waals surface area contributed by atoms with Crippen molar-refractivity contribution in [3.8, 4) is 5.75 Å². The number of carboxylic acid groups (broad SMARTS) is 1. The maximum atomic E-state index is 13.1. The number of carbonyl (C=O) groups is 2. The van der Waals surface area contributed by atoms with E-state index in [2.05, 4.69) is 4.90 Å². The quantitative estimate of drug-likeness (QED) is 0.916. The van der Waals surface area contributed by atoms with E-state index in [9.17, 15) is 14.7 Å². The molecule has 2 aliphatic rings. The summed E-state index contributed by atoms with van der Waals surface area (Å²) in [5.74, 6) is -0.237. The molecular weight excluding hydrogens is 332 g/mol. The molecule has 2 aliphatic heterocycles. The first-order chi connectivity index (χ1) is 12.6. The van der Waals surface area contributed by atoms with Gasteiger partial charge in [0, 0.05) is 6.54 Å². The summed E-state index contributed by atoms with van der Waals surface area (Å²) in [7, 11) is 1.61. The van der Waals surface area contributed by atoms with Crippen molar-refractivity contribution in [3.05, 3.63) is 53.6 Å². The first-order valence-corrected chi connectivity index (χ1v) is 8.67. The molecule has 0 radical (unpaired) electrons. The lowest BCUT2D eigenvalue weighted by Gasteiger charge is -2.39. The molecule has 134 valence electrons. The van der Waals surface area contributed by atoms with Crippen LogP contribution in [-0.4, -0.2) is 36.7 Å². The number of aromatic carboxylic acids is 1. The molecule has 1 atom stereocenters. The number of ether oxygens (including phenoxy) is 1. The summed E-state index contributed by atoms with van der Waals surface area (Å²) in [6, 6.07) is 12.5.